The van der Waals surface area contributed by atoms with Gasteiger partial charge in [-0.1, -0.05) is 49.8 Å². The third kappa shape index (κ3) is 13.4. The molecule has 0 aromatic carbocycles. The first-order valence-electron chi connectivity index (χ1n) is 5.15. The summed E-state index contributed by atoms with van der Waals surface area (Å²) in [6.45, 7) is 2.14. The molecule has 0 aliphatic heterocycles. The Morgan fingerprint density at radius 3 is 1.93 bits per heavy atom. The molecule has 15 heavy (non-hydrogen) atoms. The molecule has 0 aliphatic carbocycles. The number of unbranched alkanes of at least 4 members (excludes halogenated alkanes) is 6. The summed E-state index contributed by atoms with van der Waals surface area (Å²) in [5, 5.41) is 0. The molecular weight excluding hydrogens is 246 g/mol. The second-order valence-corrected chi connectivity index (χ2v) is 5.10. The van der Waals surface area contributed by atoms with Gasteiger partial charge in [0.2, 0.25) is 0 Å². The summed E-state index contributed by atoms with van der Waals surface area (Å²) in [5.41, 5.74) is 0. The van der Waals surface area contributed by atoms with Crippen LogP contribution in [0.3, 0.4) is 0 Å². The summed E-state index contributed by atoms with van der Waals surface area (Å²) in [5.74, 6) is -0.211. The zero-order chi connectivity index (χ0) is 10.9. The van der Waals surface area contributed by atoms with Crippen molar-refractivity contribution in [3.8, 4) is 0 Å². The molecule has 0 aromatic heterocycles. The fourth-order valence-electron chi connectivity index (χ4n) is 1.27. The van der Waals surface area contributed by atoms with Crippen LogP contribution in [0.25, 0.3) is 0 Å². The van der Waals surface area contributed by atoms with Gasteiger partial charge in [0.15, 0.2) is 0 Å². The predicted octanol–water partition coefficient (Wildman–Crippen LogP) is 2.59. The topological polar surface area (TPSA) is 43.4 Å². The van der Waals surface area contributed by atoms with Gasteiger partial charge in [0.25, 0.3) is 10.1 Å². The zero-order valence-corrected chi connectivity index (χ0v) is 13.6. The Morgan fingerprint density at radius 1 is 1.00 bits per heavy atom. The Labute approximate surface area is 135 Å². The molecule has 0 rings (SSSR count). The Morgan fingerprint density at radius 2 is 1.47 bits per heavy atom. The van der Waals surface area contributed by atoms with Crippen LogP contribution in [0.1, 0.15) is 51.9 Å². The molecule has 0 N–H and O–H groups in total. The van der Waals surface area contributed by atoms with E-state index < -0.39 is 10.1 Å². The third-order valence-electron chi connectivity index (χ3n) is 2.09. The molecule has 0 aromatic rings. The summed E-state index contributed by atoms with van der Waals surface area (Å²) < 4.78 is 35.3. The molecule has 0 saturated heterocycles. The molecule has 1 radical (unpaired) electrons. The van der Waals surface area contributed by atoms with Crippen LogP contribution < -0.4 is 0 Å². The Bertz CT molecular complexity index is 219. The van der Waals surface area contributed by atoms with E-state index in [4.69, 9.17) is 0 Å². The van der Waals surface area contributed by atoms with Gasteiger partial charge in [0.05, 0.1) is 5.75 Å². The van der Waals surface area contributed by atoms with Crippen molar-refractivity contribution in [2.24, 2.45) is 0 Å². The largest absolute Gasteiger partial charge is 0.297 e. The van der Waals surface area contributed by atoms with Gasteiger partial charge >= 0.3 is 0 Å². The smallest absolute Gasteiger partial charge is 0.197 e. The van der Waals surface area contributed by atoms with E-state index >= 15 is 0 Å². The molecular formula is C9H19FKO3S. The first kappa shape index (κ1) is 18.8. The second-order valence-electron chi connectivity index (χ2n) is 3.45. The van der Waals surface area contributed by atoms with Crippen LogP contribution in [-0.4, -0.2) is 65.6 Å². The summed E-state index contributed by atoms with van der Waals surface area (Å²) in [7, 11) is -3.88. The van der Waals surface area contributed by atoms with Crippen molar-refractivity contribution < 1.29 is 17.3 Å². The minimum atomic E-state index is -3.88. The summed E-state index contributed by atoms with van der Waals surface area (Å²) >= 11 is 0. The first-order valence-corrected chi connectivity index (χ1v) is 6.73. The molecule has 0 spiro atoms. The van der Waals surface area contributed by atoms with E-state index in [-0.39, 0.29) is 57.1 Å². The zero-order valence-electron chi connectivity index (χ0n) is 9.67. The van der Waals surface area contributed by atoms with Gasteiger partial charge < -0.3 is 0 Å². The van der Waals surface area contributed by atoms with Gasteiger partial charge in [-0.3, -0.25) is 0 Å². The fraction of sp³-hybridized carbons (Fsp3) is 1.00. The minimum Gasteiger partial charge on any atom is -0.197 e. The normalized spacial score (nSPS) is 11.1. The first-order chi connectivity index (χ1) is 6.62. The average Bonchev–Trinajstić information content (AvgIpc) is 2.16. The van der Waals surface area contributed by atoms with Crippen molar-refractivity contribution in [2.45, 2.75) is 51.9 Å². The van der Waals surface area contributed by atoms with Gasteiger partial charge in [0.1, 0.15) is 0 Å². The molecule has 87 valence electrons. The fourth-order valence-corrected chi connectivity index (χ4v) is 1.89. The van der Waals surface area contributed by atoms with Crippen molar-refractivity contribution in [1.82, 2.24) is 0 Å². The molecule has 6 heteroatoms. The maximum absolute atomic E-state index is 11.4. The number of hydrogen-bond donors (Lipinski definition) is 0. The summed E-state index contributed by atoms with van der Waals surface area (Å²) in [6.07, 6.45) is 7.08. The van der Waals surface area contributed by atoms with Crippen LogP contribution >= 0.6 is 0 Å². The monoisotopic (exact) mass is 265 g/mol. The summed E-state index contributed by atoms with van der Waals surface area (Å²) in [6, 6.07) is 0. The molecule has 0 bridgehead atoms. The van der Waals surface area contributed by atoms with Crippen LogP contribution in [0.4, 0.5) is 4.53 Å². The quantitative estimate of drug-likeness (QED) is 0.475. The van der Waals surface area contributed by atoms with E-state index in [1.54, 1.807) is 0 Å². The van der Waals surface area contributed by atoms with E-state index in [9.17, 15) is 12.9 Å². The number of halogens is 1. The molecule has 0 unspecified atom stereocenters. The van der Waals surface area contributed by atoms with Crippen LogP contribution in [-0.2, 0) is 14.5 Å². The van der Waals surface area contributed by atoms with E-state index in [1.807, 2.05) is 0 Å². The second kappa shape index (κ2) is 11.9. The Balaban J connectivity index is 0. The summed E-state index contributed by atoms with van der Waals surface area (Å²) in [4.78, 5) is 0. The van der Waals surface area contributed by atoms with Gasteiger partial charge in [-0.25, -0.2) is 0 Å². The molecule has 0 atom stereocenters. The number of hydrogen-bond acceptors (Lipinski definition) is 3. The minimum absolute atomic E-state index is 0. The molecule has 0 heterocycles. The Kier molecular flexibility index (Phi) is 15.0. The molecule has 0 aliphatic rings. The van der Waals surface area contributed by atoms with E-state index in [2.05, 4.69) is 11.3 Å². The molecule has 0 saturated carbocycles. The van der Waals surface area contributed by atoms with Crippen molar-refractivity contribution in [1.29, 1.82) is 0 Å². The maximum atomic E-state index is 11.4. The third-order valence-corrected chi connectivity index (χ3v) is 3.07. The standard InChI is InChI=1S/C9H19FO3S.K/c1-2-3-4-5-6-7-8-9-14(11,12)13-10;/h2-9H2,1H3;. The SMILES string of the molecule is CCCCCCCCCS(=O)(=O)OF.[K]. The van der Waals surface area contributed by atoms with E-state index in [0.717, 1.165) is 19.3 Å². The van der Waals surface area contributed by atoms with Crippen molar-refractivity contribution in [3.63, 3.8) is 0 Å². The Hall–Kier alpha value is 1.48. The van der Waals surface area contributed by atoms with Gasteiger partial charge in [-0.15, -0.1) is 0 Å². The predicted molar refractivity (Wildman–Crippen MR) is 59.7 cm³/mol. The van der Waals surface area contributed by atoms with Gasteiger partial charge in [0, 0.05) is 51.4 Å². The van der Waals surface area contributed by atoms with E-state index in [0.29, 0.717) is 6.42 Å². The van der Waals surface area contributed by atoms with Crippen molar-refractivity contribution in [3.05, 3.63) is 0 Å². The maximum Gasteiger partial charge on any atom is 0.297 e. The number of rotatable bonds is 9. The molecule has 0 amide bonds. The van der Waals surface area contributed by atoms with Gasteiger partial charge in [-0.2, -0.15) is 8.42 Å². The van der Waals surface area contributed by atoms with E-state index in [1.165, 1.54) is 19.3 Å². The van der Waals surface area contributed by atoms with Crippen LogP contribution in [0.2, 0.25) is 0 Å². The molecule has 0 fully saturated rings. The molecule has 3 nitrogen and oxygen atoms in total. The van der Waals surface area contributed by atoms with Crippen molar-refractivity contribution >= 4 is 61.5 Å². The van der Waals surface area contributed by atoms with Crippen LogP contribution in [0, 0.1) is 0 Å². The van der Waals surface area contributed by atoms with Crippen LogP contribution in [0.5, 0.6) is 0 Å². The van der Waals surface area contributed by atoms with Crippen molar-refractivity contribution in [2.75, 3.05) is 5.75 Å². The van der Waals surface area contributed by atoms with Crippen LogP contribution in [0.15, 0.2) is 0 Å². The average molecular weight is 265 g/mol. The van der Waals surface area contributed by atoms with Gasteiger partial charge in [-0.05, 0) is 10.9 Å².